The summed E-state index contributed by atoms with van der Waals surface area (Å²) in [4.78, 5) is 26.0. The number of Topliss-reactive ketones (excluding diaryl/α,β-unsaturated/α-hetero) is 1. The van der Waals surface area contributed by atoms with Gasteiger partial charge in [0, 0.05) is 24.4 Å². The number of fused-ring (bicyclic) bond motifs is 1. The molecule has 0 aliphatic carbocycles. The number of phenols is 1. The molecule has 0 fully saturated rings. The van der Waals surface area contributed by atoms with Gasteiger partial charge < -0.3 is 10.0 Å². The predicted molar refractivity (Wildman–Crippen MR) is 78.0 cm³/mol. The molecule has 2 rings (SSSR count). The summed E-state index contributed by atoms with van der Waals surface area (Å²) >= 11 is 0. The predicted octanol–water partition coefficient (Wildman–Crippen LogP) is 2.91. The molecule has 0 bridgehead atoms. The molecule has 1 aromatic rings. The number of anilines is 1. The summed E-state index contributed by atoms with van der Waals surface area (Å²) in [5, 5.41) is 9.49. The smallest absolute Gasteiger partial charge is 0.230 e. The Morgan fingerprint density at radius 2 is 2.20 bits per heavy atom. The van der Waals surface area contributed by atoms with Gasteiger partial charge in [-0.15, -0.1) is 6.58 Å². The highest BCUT2D eigenvalue weighted by atomic mass is 16.3. The van der Waals surface area contributed by atoms with E-state index in [2.05, 4.69) is 6.58 Å². The zero-order valence-electron chi connectivity index (χ0n) is 11.8. The van der Waals surface area contributed by atoms with Crippen molar-refractivity contribution in [2.24, 2.45) is 5.92 Å². The van der Waals surface area contributed by atoms with Crippen molar-refractivity contribution < 1.29 is 14.7 Å². The minimum absolute atomic E-state index is 0.00700. The lowest BCUT2D eigenvalue weighted by atomic mass is 9.96. The molecule has 1 N–H and O–H groups in total. The molecule has 1 unspecified atom stereocenters. The van der Waals surface area contributed by atoms with Gasteiger partial charge in [0.2, 0.25) is 5.91 Å². The molecule has 0 radical (unpaired) electrons. The summed E-state index contributed by atoms with van der Waals surface area (Å²) in [6.45, 7) is 8.00. The first-order chi connectivity index (χ1) is 9.40. The monoisotopic (exact) mass is 273 g/mol. The van der Waals surface area contributed by atoms with Crippen molar-refractivity contribution in [3.63, 3.8) is 0 Å². The lowest BCUT2D eigenvalue weighted by molar-refractivity contribution is -0.121. The van der Waals surface area contributed by atoms with Crippen LogP contribution >= 0.6 is 0 Å². The van der Waals surface area contributed by atoms with Crippen LogP contribution in [-0.2, 0) is 4.79 Å². The zero-order chi connectivity index (χ0) is 14.9. The summed E-state index contributed by atoms with van der Waals surface area (Å²) in [6.07, 6.45) is 0.929. The Morgan fingerprint density at radius 1 is 1.50 bits per heavy atom. The molecular weight excluding hydrogens is 254 g/mol. The fourth-order valence-corrected chi connectivity index (χ4v) is 2.56. The van der Waals surface area contributed by atoms with Gasteiger partial charge in [-0.25, -0.2) is 0 Å². The maximum Gasteiger partial charge on any atom is 0.230 e. The number of nitrogens with zero attached hydrogens (tertiary/aromatic N) is 1. The van der Waals surface area contributed by atoms with Gasteiger partial charge in [0.25, 0.3) is 0 Å². The van der Waals surface area contributed by atoms with Crippen LogP contribution in [0.5, 0.6) is 5.75 Å². The third-order valence-corrected chi connectivity index (χ3v) is 3.48. The van der Waals surface area contributed by atoms with Gasteiger partial charge >= 0.3 is 0 Å². The first-order valence-electron chi connectivity index (χ1n) is 6.72. The maximum absolute atomic E-state index is 12.5. The Labute approximate surface area is 118 Å². The van der Waals surface area contributed by atoms with Crippen LogP contribution in [0.25, 0.3) is 0 Å². The van der Waals surface area contributed by atoms with Crippen LogP contribution in [0.1, 0.15) is 37.0 Å². The Balaban J connectivity index is 2.31. The highest BCUT2D eigenvalue weighted by Crippen LogP contribution is 2.31. The van der Waals surface area contributed by atoms with E-state index >= 15 is 0 Å². The van der Waals surface area contributed by atoms with E-state index in [1.54, 1.807) is 11.0 Å². The Kier molecular flexibility index (Phi) is 3.93. The SMILES string of the molecule is C=C(C)CC(C)C(=O)N1CCC(=O)c2cc(O)ccc21. The number of phenolic OH excluding ortho intramolecular Hbond substituents is 1. The normalized spacial score (nSPS) is 15.7. The standard InChI is InChI=1S/C16H19NO3/c1-10(2)8-11(3)16(20)17-7-6-15(19)13-9-12(18)4-5-14(13)17/h4-5,9,11,18H,1,6-8H2,2-3H3. The molecule has 4 nitrogen and oxygen atoms in total. The van der Waals surface area contributed by atoms with Gasteiger partial charge in [-0.2, -0.15) is 0 Å². The van der Waals surface area contributed by atoms with E-state index in [0.29, 0.717) is 30.6 Å². The van der Waals surface area contributed by atoms with Crippen molar-refractivity contribution in [2.75, 3.05) is 11.4 Å². The first-order valence-corrected chi connectivity index (χ1v) is 6.72. The Morgan fingerprint density at radius 3 is 2.85 bits per heavy atom. The fraction of sp³-hybridized carbons (Fsp3) is 0.375. The minimum atomic E-state index is -0.164. The minimum Gasteiger partial charge on any atom is -0.508 e. The zero-order valence-corrected chi connectivity index (χ0v) is 11.8. The van der Waals surface area contributed by atoms with E-state index in [1.807, 2.05) is 13.8 Å². The van der Waals surface area contributed by atoms with Crippen LogP contribution in [0.2, 0.25) is 0 Å². The molecular formula is C16H19NO3. The van der Waals surface area contributed by atoms with Crippen LogP contribution in [-0.4, -0.2) is 23.3 Å². The van der Waals surface area contributed by atoms with Gasteiger partial charge in [-0.3, -0.25) is 9.59 Å². The van der Waals surface area contributed by atoms with Gasteiger partial charge in [0.1, 0.15) is 5.75 Å². The van der Waals surface area contributed by atoms with E-state index in [4.69, 9.17) is 0 Å². The first kappa shape index (κ1) is 14.3. The number of carbonyl (C=O) groups excluding carboxylic acids is 2. The molecule has 1 aliphatic rings. The van der Waals surface area contributed by atoms with E-state index in [1.165, 1.54) is 12.1 Å². The topological polar surface area (TPSA) is 57.6 Å². The summed E-state index contributed by atoms with van der Waals surface area (Å²) in [7, 11) is 0. The van der Waals surface area contributed by atoms with Crippen molar-refractivity contribution in [3.05, 3.63) is 35.9 Å². The number of ketones is 1. The molecule has 0 aromatic heterocycles. The number of aromatic hydroxyl groups is 1. The second-order valence-corrected chi connectivity index (χ2v) is 5.43. The van der Waals surface area contributed by atoms with E-state index in [-0.39, 0.29) is 23.4 Å². The Bertz CT molecular complexity index is 577. The molecule has 0 spiro atoms. The van der Waals surface area contributed by atoms with Gasteiger partial charge in [-0.1, -0.05) is 12.5 Å². The average molecular weight is 273 g/mol. The average Bonchev–Trinajstić information content (AvgIpc) is 2.38. The maximum atomic E-state index is 12.5. The quantitative estimate of drug-likeness (QED) is 0.861. The van der Waals surface area contributed by atoms with Crippen molar-refractivity contribution in [1.82, 2.24) is 0 Å². The van der Waals surface area contributed by atoms with Gasteiger partial charge in [0.15, 0.2) is 5.78 Å². The lowest BCUT2D eigenvalue weighted by Crippen LogP contribution is -2.40. The van der Waals surface area contributed by atoms with Crippen LogP contribution in [0.15, 0.2) is 30.4 Å². The molecule has 1 aliphatic heterocycles. The molecule has 1 amide bonds. The number of carbonyl (C=O) groups is 2. The van der Waals surface area contributed by atoms with Gasteiger partial charge in [-0.05, 0) is 31.5 Å². The fourth-order valence-electron chi connectivity index (χ4n) is 2.56. The summed E-state index contributed by atoms with van der Waals surface area (Å²) in [5.41, 5.74) is 1.98. The van der Waals surface area contributed by atoms with Crippen LogP contribution in [0.3, 0.4) is 0 Å². The third-order valence-electron chi connectivity index (χ3n) is 3.48. The Hall–Kier alpha value is -2.10. The molecule has 1 aromatic carbocycles. The largest absolute Gasteiger partial charge is 0.508 e. The van der Waals surface area contributed by atoms with Crippen molar-refractivity contribution in [2.45, 2.75) is 26.7 Å². The molecule has 106 valence electrons. The summed E-state index contributed by atoms with van der Waals surface area (Å²) in [6, 6.07) is 4.56. The van der Waals surface area contributed by atoms with E-state index in [9.17, 15) is 14.7 Å². The molecule has 1 heterocycles. The van der Waals surface area contributed by atoms with Gasteiger partial charge in [0.05, 0.1) is 5.69 Å². The number of rotatable bonds is 3. The third kappa shape index (κ3) is 2.74. The van der Waals surface area contributed by atoms with Crippen molar-refractivity contribution in [3.8, 4) is 5.75 Å². The molecule has 1 atom stereocenters. The summed E-state index contributed by atoms with van der Waals surface area (Å²) < 4.78 is 0. The number of hydrogen-bond acceptors (Lipinski definition) is 3. The number of amides is 1. The van der Waals surface area contributed by atoms with Crippen LogP contribution < -0.4 is 4.90 Å². The van der Waals surface area contributed by atoms with E-state index < -0.39 is 0 Å². The van der Waals surface area contributed by atoms with Crippen LogP contribution in [0, 0.1) is 5.92 Å². The highest BCUT2D eigenvalue weighted by molar-refractivity contribution is 6.09. The van der Waals surface area contributed by atoms with Crippen molar-refractivity contribution >= 4 is 17.4 Å². The number of hydrogen-bond donors (Lipinski definition) is 1. The second kappa shape index (κ2) is 5.49. The molecule has 20 heavy (non-hydrogen) atoms. The highest BCUT2D eigenvalue weighted by Gasteiger charge is 2.29. The van der Waals surface area contributed by atoms with E-state index in [0.717, 1.165) is 5.57 Å². The second-order valence-electron chi connectivity index (χ2n) is 5.43. The number of allylic oxidation sites excluding steroid dienone is 1. The molecule has 0 saturated heterocycles. The van der Waals surface area contributed by atoms with Crippen molar-refractivity contribution in [1.29, 1.82) is 0 Å². The van der Waals surface area contributed by atoms with Crippen LogP contribution in [0.4, 0.5) is 5.69 Å². The lowest BCUT2D eigenvalue weighted by Gasteiger charge is -2.31. The molecule has 0 saturated carbocycles. The molecule has 4 heteroatoms. The summed E-state index contributed by atoms with van der Waals surface area (Å²) in [5.74, 6) is -0.163. The number of benzene rings is 1.